The second-order valence-corrected chi connectivity index (χ2v) is 7.56. The highest BCUT2D eigenvalue weighted by Crippen LogP contribution is 2.64. The average molecular weight is 273 g/mol. The van der Waals surface area contributed by atoms with Crippen LogP contribution in [0.25, 0.3) is 0 Å². The molecule has 0 aromatic rings. The zero-order valence-electron chi connectivity index (χ0n) is 12.6. The van der Waals surface area contributed by atoms with Crippen LogP contribution in [0.2, 0.25) is 0 Å². The molecule has 20 heavy (non-hydrogen) atoms. The van der Waals surface area contributed by atoms with Crippen molar-refractivity contribution in [3.8, 4) is 0 Å². The number of rotatable bonds is 1. The Morgan fingerprint density at radius 2 is 1.65 bits per heavy atom. The van der Waals surface area contributed by atoms with E-state index in [-0.39, 0.29) is 10.8 Å². The number of ketones is 1. The third-order valence-electron chi connectivity index (χ3n) is 6.61. The molecule has 0 aromatic heterocycles. The monoisotopic (exact) mass is 273 g/mol. The van der Waals surface area contributed by atoms with Crippen LogP contribution >= 0.6 is 0 Å². The molecule has 1 aliphatic heterocycles. The first-order valence-corrected chi connectivity index (χ1v) is 8.74. The molecular weight excluding hydrogens is 246 g/mol. The van der Waals surface area contributed by atoms with Gasteiger partial charge < -0.3 is 0 Å². The lowest BCUT2D eigenvalue weighted by molar-refractivity contribution is -0.187. The van der Waals surface area contributed by atoms with Gasteiger partial charge in [0.25, 0.3) is 0 Å². The molecule has 3 aliphatic carbocycles. The van der Waals surface area contributed by atoms with E-state index in [4.69, 9.17) is 0 Å². The lowest BCUT2D eigenvalue weighted by atomic mass is 9.41. The van der Waals surface area contributed by atoms with Crippen LogP contribution in [0.5, 0.6) is 0 Å². The summed E-state index contributed by atoms with van der Waals surface area (Å²) in [5, 5.41) is 0. The Labute approximate surface area is 122 Å². The van der Waals surface area contributed by atoms with Crippen LogP contribution in [0.15, 0.2) is 12.2 Å². The maximum atomic E-state index is 13.2. The fraction of sp³-hybridized carbons (Fsp3) is 0.833. The first-order chi connectivity index (χ1) is 9.80. The van der Waals surface area contributed by atoms with Crippen LogP contribution in [0.4, 0.5) is 0 Å². The van der Waals surface area contributed by atoms with E-state index in [0.29, 0.717) is 11.8 Å². The largest absolute Gasteiger partial charge is 0.298 e. The Hall–Kier alpha value is -0.630. The number of likely N-dealkylation sites (tertiary alicyclic amines) is 1. The summed E-state index contributed by atoms with van der Waals surface area (Å²) >= 11 is 0. The number of carbonyl (C=O) groups excluding carboxylic acids is 1. The summed E-state index contributed by atoms with van der Waals surface area (Å²) in [4.78, 5) is 15.9. The van der Waals surface area contributed by atoms with Crippen molar-refractivity contribution in [1.82, 2.24) is 4.90 Å². The molecule has 3 fully saturated rings. The summed E-state index contributed by atoms with van der Waals surface area (Å²) in [6, 6.07) is 0.579. The van der Waals surface area contributed by atoms with Crippen molar-refractivity contribution in [1.29, 1.82) is 0 Å². The highest BCUT2D eigenvalue weighted by Gasteiger charge is 2.70. The van der Waals surface area contributed by atoms with E-state index in [2.05, 4.69) is 17.1 Å². The van der Waals surface area contributed by atoms with Gasteiger partial charge in [-0.2, -0.15) is 0 Å². The molecule has 1 saturated heterocycles. The van der Waals surface area contributed by atoms with E-state index in [1.165, 1.54) is 58.0 Å². The van der Waals surface area contributed by atoms with Crippen molar-refractivity contribution in [2.45, 2.75) is 70.3 Å². The fourth-order valence-corrected chi connectivity index (χ4v) is 5.89. The van der Waals surface area contributed by atoms with Gasteiger partial charge in [-0.05, 0) is 58.0 Å². The van der Waals surface area contributed by atoms with Crippen LogP contribution in [-0.4, -0.2) is 29.8 Å². The van der Waals surface area contributed by atoms with Crippen LogP contribution < -0.4 is 0 Å². The molecule has 1 heterocycles. The molecule has 110 valence electrons. The van der Waals surface area contributed by atoms with Crippen molar-refractivity contribution >= 4 is 5.78 Å². The number of hydrogen-bond donors (Lipinski definition) is 0. The summed E-state index contributed by atoms with van der Waals surface area (Å²) in [5.74, 6) is 0.658. The smallest absolute Gasteiger partial charge is 0.148 e. The minimum atomic E-state index is 0.0103. The van der Waals surface area contributed by atoms with Gasteiger partial charge in [0.05, 0.1) is 0 Å². The van der Waals surface area contributed by atoms with Gasteiger partial charge in [-0.15, -0.1) is 0 Å². The average Bonchev–Trinajstić information content (AvgIpc) is 3.02. The first kappa shape index (κ1) is 13.1. The van der Waals surface area contributed by atoms with E-state index in [0.717, 1.165) is 19.3 Å². The minimum absolute atomic E-state index is 0.0103. The molecule has 2 nitrogen and oxygen atoms in total. The molecule has 2 heteroatoms. The van der Waals surface area contributed by atoms with E-state index in [1.54, 1.807) is 0 Å². The van der Waals surface area contributed by atoms with Gasteiger partial charge in [0.2, 0.25) is 0 Å². The Balaban J connectivity index is 1.69. The van der Waals surface area contributed by atoms with Crippen molar-refractivity contribution in [3.05, 3.63) is 12.2 Å². The molecule has 0 bridgehead atoms. The number of hydrogen-bond acceptors (Lipinski definition) is 2. The van der Waals surface area contributed by atoms with Crippen LogP contribution in [-0.2, 0) is 4.79 Å². The standard InChI is InChI=1S/C18H27NO/c20-16-17(9-3-1-4-10-17)15(19-13-7-8-14-19)18(16)11-5-2-6-12-18/h1,3,15H,2,4-14H2/t15-,17+/m1/s1. The van der Waals surface area contributed by atoms with Crippen LogP contribution in [0, 0.1) is 10.8 Å². The van der Waals surface area contributed by atoms with E-state index >= 15 is 0 Å². The quantitative estimate of drug-likeness (QED) is 0.679. The highest BCUT2D eigenvalue weighted by atomic mass is 16.1. The number of carbonyl (C=O) groups is 1. The van der Waals surface area contributed by atoms with Gasteiger partial charge in [0.15, 0.2) is 0 Å². The second kappa shape index (κ2) is 4.69. The molecule has 4 aliphatic rings. The van der Waals surface area contributed by atoms with Crippen LogP contribution in [0.3, 0.4) is 0 Å². The molecule has 0 aromatic carbocycles. The Morgan fingerprint density at radius 1 is 0.900 bits per heavy atom. The molecule has 2 spiro atoms. The Kier molecular flexibility index (Phi) is 3.06. The molecule has 0 unspecified atom stereocenters. The normalized spacial score (nSPS) is 40.4. The van der Waals surface area contributed by atoms with E-state index in [9.17, 15) is 4.79 Å². The second-order valence-electron chi connectivity index (χ2n) is 7.56. The van der Waals surface area contributed by atoms with Gasteiger partial charge in [0, 0.05) is 16.9 Å². The fourth-order valence-electron chi connectivity index (χ4n) is 5.89. The summed E-state index contributed by atoms with van der Waals surface area (Å²) in [6.45, 7) is 2.48. The Bertz CT molecular complexity index is 429. The van der Waals surface area contributed by atoms with Crippen molar-refractivity contribution in [3.63, 3.8) is 0 Å². The van der Waals surface area contributed by atoms with E-state index in [1.807, 2.05) is 0 Å². The zero-order chi connectivity index (χ0) is 13.6. The molecular formula is C18H27NO. The maximum absolute atomic E-state index is 13.2. The maximum Gasteiger partial charge on any atom is 0.148 e. The molecule has 2 atom stereocenters. The topological polar surface area (TPSA) is 20.3 Å². The lowest BCUT2D eigenvalue weighted by Crippen LogP contribution is -2.75. The molecule has 0 radical (unpaired) electrons. The van der Waals surface area contributed by atoms with Crippen molar-refractivity contribution in [2.24, 2.45) is 10.8 Å². The summed E-state index contributed by atoms with van der Waals surface area (Å²) in [5.41, 5.74) is 0.0736. The Morgan fingerprint density at radius 3 is 2.30 bits per heavy atom. The van der Waals surface area contributed by atoms with E-state index < -0.39 is 0 Å². The van der Waals surface area contributed by atoms with Crippen LogP contribution in [0.1, 0.15) is 64.2 Å². The molecule has 2 saturated carbocycles. The van der Waals surface area contributed by atoms with Crippen molar-refractivity contribution < 1.29 is 4.79 Å². The predicted octanol–water partition coefficient (Wildman–Crippen LogP) is 3.71. The van der Waals surface area contributed by atoms with Gasteiger partial charge >= 0.3 is 0 Å². The number of Topliss-reactive ketones (excluding diaryl/α,β-unsaturated/α-hetero) is 1. The summed E-state index contributed by atoms with van der Waals surface area (Å²) in [7, 11) is 0. The predicted molar refractivity (Wildman–Crippen MR) is 80.5 cm³/mol. The van der Waals surface area contributed by atoms with Crippen molar-refractivity contribution in [2.75, 3.05) is 13.1 Å². The minimum Gasteiger partial charge on any atom is -0.298 e. The number of nitrogens with zero attached hydrogens (tertiary/aromatic N) is 1. The van der Waals surface area contributed by atoms with Gasteiger partial charge in [-0.1, -0.05) is 31.4 Å². The van der Waals surface area contributed by atoms with Gasteiger partial charge in [0.1, 0.15) is 5.78 Å². The van der Waals surface area contributed by atoms with Gasteiger partial charge in [-0.25, -0.2) is 0 Å². The summed E-state index contributed by atoms with van der Waals surface area (Å²) < 4.78 is 0. The highest BCUT2D eigenvalue weighted by molar-refractivity contribution is 5.99. The molecule has 0 N–H and O–H groups in total. The lowest BCUT2D eigenvalue weighted by Gasteiger charge is -2.66. The summed E-state index contributed by atoms with van der Waals surface area (Å²) in [6.07, 6.45) is 16.8. The molecule has 0 amide bonds. The third kappa shape index (κ3) is 1.57. The third-order valence-corrected chi connectivity index (χ3v) is 6.61. The van der Waals surface area contributed by atoms with Gasteiger partial charge in [-0.3, -0.25) is 9.69 Å². The SMILES string of the molecule is O=C1C2(CCCCC2)[C@H](N2CCCC2)[C@@]12CC=CCC2. The zero-order valence-corrected chi connectivity index (χ0v) is 12.6. The first-order valence-electron chi connectivity index (χ1n) is 8.74. The molecule has 4 rings (SSSR count). The number of allylic oxidation sites excluding steroid dienone is 2.